The molecule has 2 N–H and O–H groups in total. The molecule has 1 atom stereocenters. The minimum atomic E-state index is -0.890. The highest BCUT2D eigenvalue weighted by Gasteiger charge is 2.27. The van der Waals surface area contributed by atoms with Gasteiger partial charge in [-0.2, -0.15) is 0 Å². The van der Waals surface area contributed by atoms with Gasteiger partial charge >= 0.3 is 5.97 Å². The van der Waals surface area contributed by atoms with E-state index >= 15 is 0 Å². The summed E-state index contributed by atoms with van der Waals surface area (Å²) in [5.74, 6) is -0.888. The zero-order chi connectivity index (χ0) is 16.7. The summed E-state index contributed by atoms with van der Waals surface area (Å²) in [6, 6.07) is 6.95. The van der Waals surface area contributed by atoms with Crippen molar-refractivity contribution in [2.24, 2.45) is 0 Å². The van der Waals surface area contributed by atoms with E-state index in [0.717, 1.165) is 12.2 Å². The van der Waals surface area contributed by atoms with Crippen molar-refractivity contribution in [2.75, 3.05) is 13.2 Å². The Balaban J connectivity index is 1.79. The average molecular weight is 320 g/mol. The Morgan fingerprint density at radius 3 is 2.70 bits per heavy atom. The molecule has 0 saturated heterocycles. The molecule has 0 bridgehead atoms. The van der Waals surface area contributed by atoms with E-state index in [1.807, 2.05) is 0 Å². The van der Waals surface area contributed by atoms with Gasteiger partial charge in [0.05, 0.1) is 6.61 Å². The molecule has 1 heterocycles. The maximum atomic E-state index is 11.9. The van der Waals surface area contributed by atoms with Gasteiger partial charge in [-0.3, -0.25) is 20.4 Å². The Hall–Kier alpha value is -3.03. The second kappa shape index (κ2) is 7.83. The molecule has 0 aliphatic carbocycles. The first kappa shape index (κ1) is 16.3. The van der Waals surface area contributed by atoms with Gasteiger partial charge in [0.15, 0.2) is 11.5 Å². The van der Waals surface area contributed by atoms with Crippen LogP contribution in [-0.2, 0) is 19.1 Å². The molecule has 0 unspecified atom stereocenters. The molecule has 0 spiro atoms. The molecular weight excluding hydrogens is 304 g/mol. The van der Waals surface area contributed by atoms with Crippen LogP contribution in [0.1, 0.15) is 6.92 Å². The summed E-state index contributed by atoms with van der Waals surface area (Å²) in [4.78, 5) is 34.4. The summed E-state index contributed by atoms with van der Waals surface area (Å²) in [5.41, 5.74) is 4.32. The summed E-state index contributed by atoms with van der Waals surface area (Å²) < 4.78 is 15.5. The number of esters is 1. The number of benzene rings is 1. The number of amides is 2. The third kappa shape index (κ3) is 4.73. The standard InChI is InChI=1S/C15H16N2O6/c1-2-21-14(19)8-7-13(18)16-17-15(20)12-9-22-10-5-3-4-6-11(10)23-12/h3-8,12H,2,9H2,1H3,(H,16,18)(H,17,20)/b8-7+/t12-/m1/s1. The maximum Gasteiger partial charge on any atom is 0.330 e. The van der Waals surface area contributed by atoms with Crippen LogP contribution in [0, 0.1) is 0 Å². The molecule has 23 heavy (non-hydrogen) atoms. The molecule has 1 aromatic rings. The summed E-state index contributed by atoms with van der Waals surface area (Å²) >= 11 is 0. The lowest BCUT2D eigenvalue weighted by atomic mass is 10.2. The van der Waals surface area contributed by atoms with E-state index < -0.39 is 23.9 Å². The van der Waals surface area contributed by atoms with Crippen molar-refractivity contribution in [1.29, 1.82) is 0 Å². The predicted molar refractivity (Wildman–Crippen MR) is 78.4 cm³/mol. The Morgan fingerprint density at radius 2 is 1.96 bits per heavy atom. The third-order valence-corrected chi connectivity index (χ3v) is 2.77. The highest BCUT2D eigenvalue weighted by Crippen LogP contribution is 2.30. The molecule has 122 valence electrons. The van der Waals surface area contributed by atoms with E-state index in [0.29, 0.717) is 11.5 Å². The average Bonchev–Trinajstić information content (AvgIpc) is 2.57. The van der Waals surface area contributed by atoms with E-state index in [-0.39, 0.29) is 13.2 Å². The normalized spacial score (nSPS) is 15.8. The Bertz CT molecular complexity index is 628. The maximum absolute atomic E-state index is 11.9. The van der Waals surface area contributed by atoms with E-state index in [9.17, 15) is 14.4 Å². The SMILES string of the molecule is CCOC(=O)/C=C/C(=O)NNC(=O)[C@H]1COc2ccccc2O1. The summed E-state index contributed by atoms with van der Waals surface area (Å²) in [7, 11) is 0. The van der Waals surface area contributed by atoms with Gasteiger partial charge in [0.2, 0.25) is 6.10 Å². The topological polar surface area (TPSA) is 103 Å². The number of rotatable bonds is 4. The fourth-order valence-electron chi connectivity index (χ4n) is 1.73. The van der Waals surface area contributed by atoms with Gasteiger partial charge in [0.1, 0.15) is 6.61 Å². The Morgan fingerprint density at radius 1 is 1.22 bits per heavy atom. The first-order valence-electron chi connectivity index (χ1n) is 6.93. The number of hydrazine groups is 1. The number of carbonyl (C=O) groups is 3. The molecule has 0 fully saturated rings. The summed E-state index contributed by atoms with van der Waals surface area (Å²) in [6.07, 6.45) is 1.02. The zero-order valence-corrected chi connectivity index (χ0v) is 12.4. The van der Waals surface area contributed by atoms with E-state index in [1.165, 1.54) is 0 Å². The molecular formula is C15H16N2O6. The molecule has 0 saturated carbocycles. The first-order chi connectivity index (χ1) is 11.1. The van der Waals surface area contributed by atoms with Crippen LogP contribution in [0.3, 0.4) is 0 Å². The monoisotopic (exact) mass is 320 g/mol. The number of para-hydroxylation sites is 2. The molecule has 0 radical (unpaired) electrons. The molecule has 8 heteroatoms. The van der Waals surface area contributed by atoms with Crippen molar-refractivity contribution in [3.05, 3.63) is 36.4 Å². The van der Waals surface area contributed by atoms with Crippen LogP contribution in [-0.4, -0.2) is 37.1 Å². The van der Waals surface area contributed by atoms with Gasteiger partial charge in [-0.05, 0) is 19.1 Å². The molecule has 2 amide bonds. The zero-order valence-electron chi connectivity index (χ0n) is 12.4. The lowest BCUT2D eigenvalue weighted by Crippen LogP contribution is -2.50. The van der Waals surface area contributed by atoms with Crippen molar-refractivity contribution in [3.8, 4) is 11.5 Å². The second-order valence-corrected chi connectivity index (χ2v) is 4.43. The van der Waals surface area contributed by atoms with E-state index in [1.54, 1.807) is 31.2 Å². The van der Waals surface area contributed by atoms with Crippen molar-refractivity contribution in [1.82, 2.24) is 10.9 Å². The van der Waals surface area contributed by atoms with E-state index in [2.05, 4.69) is 15.6 Å². The number of ether oxygens (including phenoxy) is 3. The van der Waals surface area contributed by atoms with Crippen LogP contribution in [0.4, 0.5) is 0 Å². The third-order valence-electron chi connectivity index (χ3n) is 2.77. The highest BCUT2D eigenvalue weighted by molar-refractivity contribution is 5.95. The predicted octanol–water partition coefficient (Wildman–Crippen LogP) is 0.0931. The van der Waals surface area contributed by atoms with Crippen molar-refractivity contribution in [2.45, 2.75) is 13.0 Å². The van der Waals surface area contributed by atoms with Gasteiger partial charge in [0, 0.05) is 12.2 Å². The van der Waals surface area contributed by atoms with Crippen molar-refractivity contribution < 1.29 is 28.6 Å². The van der Waals surface area contributed by atoms with E-state index in [4.69, 9.17) is 9.47 Å². The van der Waals surface area contributed by atoms with Crippen molar-refractivity contribution in [3.63, 3.8) is 0 Å². The van der Waals surface area contributed by atoms with Crippen LogP contribution < -0.4 is 20.3 Å². The highest BCUT2D eigenvalue weighted by atomic mass is 16.6. The molecule has 2 rings (SSSR count). The number of carbonyl (C=O) groups excluding carboxylic acids is 3. The quantitative estimate of drug-likeness (QED) is 0.463. The largest absolute Gasteiger partial charge is 0.485 e. The lowest BCUT2D eigenvalue weighted by molar-refractivity contribution is -0.137. The van der Waals surface area contributed by atoms with Crippen LogP contribution in [0.25, 0.3) is 0 Å². The lowest BCUT2D eigenvalue weighted by Gasteiger charge is -2.25. The molecule has 1 aromatic carbocycles. The molecule has 0 aromatic heterocycles. The molecule has 1 aliphatic heterocycles. The molecule has 8 nitrogen and oxygen atoms in total. The number of hydrogen-bond acceptors (Lipinski definition) is 6. The number of hydrogen-bond donors (Lipinski definition) is 2. The smallest absolute Gasteiger partial charge is 0.330 e. The fourth-order valence-corrected chi connectivity index (χ4v) is 1.73. The minimum absolute atomic E-state index is 0.0252. The van der Waals surface area contributed by atoms with Gasteiger partial charge < -0.3 is 14.2 Å². The fraction of sp³-hybridized carbons (Fsp3) is 0.267. The van der Waals surface area contributed by atoms with Gasteiger partial charge in [-0.1, -0.05) is 12.1 Å². The molecule has 1 aliphatic rings. The Labute approximate surface area is 132 Å². The van der Waals surface area contributed by atoms with Crippen LogP contribution >= 0.6 is 0 Å². The van der Waals surface area contributed by atoms with Crippen LogP contribution in [0.2, 0.25) is 0 Å². The van der Waals surface area contributed by atoms with Crippen LogP contribution in [0.5, 0.6) is 11.5 Å². The van der Waals surface area contributed by atoms with Crippen molar-refractivity contribution >= 4 is 17.8 Å². The van der Waals surface area contributed by atoms with Gasteiger partial charge in [-0.15, -0.1) is 0 Å². The number of nitrogens with one attached hydrogen (secondary N) is 2. The summed E-state index contributed by atoms with van der Waals surface area (Å²) in [6.45, 7) is 1.88. The first-order valence-corrected chi connectivity index (χ1v) is 6.93. The number of fused-ring (bicyclic) bond motifs is 1. The van der Waals surface area contributed by atoms with Gasteiger partial charge in [-0.25, -0.2) is 4.79 Å². The van der Waals surface area contributed by atoms with Gasteiger partial charge in [0.25, 0.3) is 11.8 Å². The minimum Gasteiger partial charge on any atom is -0.485 e. The Kier molecular flexibility index (Phi) is 5.56. The second-order valence-electron chi connectivity index (χ2n) is 4.43. The van der Waals surface area contributed by atoms with Crippen LogP contribution in [0.15, 0.2) is 36.4 Å². The summed E-state index contributed by atoms with van der Waals surface area (Å²) in [5, 5.41) is 0.